The highest BCUT2D eigenvalue weighted by Crippen LogP contribution is 2.40. The first-order valence-corrected chi connectivity index (χ1v) is 14.8. The molecule has 1 aliphatic heterocycles. The number of aromatic nitrogens is 2. The van der Waals surface area contributed by atoms with Gasteiger partial charge in [0.2, 0.25) is 0 Å². The Balaban J connectivity index is 1.36. The molecule has 0 radical (unpaired) electrons. The van der Waals surface area contributed by atoms with Crippen LogP contribution in [0, 0.1) is 0 Å². The number of rotatable bonds is 11. The predicted octanol–water partition coefficient (Wildman–Crippen LogP) is 5.67. The molecule has 3 aromatic carbocycles. The van der Waals surface area contributed by atoms with Gasteiger partial charge in [0.25, 0.3) is 12.0 Å². The van der Waals surface area contributed by atoms with Gasteiger partial charge in [-0.15, -0.1) is 0 Å². The summed E-state index contributed by atoms with van der Waals surface area (Å²) < 4.78 is 7.46. The first-order valence-electron chi connectivity index (χ1n) is 14.8. The van der Waals surface area contributed by atoms with Crippen molar-refractivity contribution in [3.8, 4) is 22.6 Å². The zero-order chi connectivity index (χ0) is 29.1. The predicted molar refractivity (Wildman–Crippen MR) is 163 cm³/mol. The molecule has 1 aliphatic carbocycles. The van der Waals surface area contributed by atoms with Gasteiger partial charge in [-0.25, -0.2) is 20.3 Å². The van der Waals surface area contributed by atoms with E-state index in [0.717, 1.165) is 82.9 Å². The highest BCUT2D eigenvalue weighted by molar-refractivity contribution is 6.04. The van der Waals surface area contributed by atoms with E-state index in [4.69, 9.17) is 14.6 Å². The van der Waals surface area contributed by atoms with Crippen LogP contribution in [0.1, 0.15) is 73.7 Å². The number of ether oxygens (including phenoxy) is 1. The highest BCUT2D eigenvalue weighted by atomic mass is 16.7. The number of hydrogen-bond donors (Lipinski definition) is 2. The summed E-state index contributed by atoms with van der Waals surface area (Å²) in [6.07, 6.45) is 4.23. The lowest BCUT2D eigenvalue weighted by Gasteiger charge is -2.18. The van der Waals surface area contributed by atoms with E-state index < -0.39 is 6.41 Å². The molecular weight excluding hydrogens is 528 g/mol. The number of benzene rings is 3. The molecule has 2 N–H and O–H groups in total. The number of amidine groups is 1. The van der Waals surface area contributed by atoms with Gasteiger partial charge in [0, 0.05) is 23.5 Å². The van der Waals surface area contributed by atoms with Crippen LogP contribution >= 0.6 is 0 Å². The summed E-state index contributed by atoms with van der Waals surface area (Å²) in [6.45, 7) is 4.72. The van der Waals surface area contributed by atoms with Crippen LogP contribution in [0.25, 0.3) is 16.8 Å². The molecular formula is C34H36N4O4. The Labute approximate surface area is 245 Å². The van der Waals surface area contributed by atoms with Crippen molar-refractivity contribution in [1.82, 2.24) is 15.0 Å². The van der Waals surface area contributed by atoms with E-state index in [9.17, 15) is 9.90 Å². The Bertz CT molecular complexity index is 1640. The van der Waals surface area contributed by atoms with Gasteiger partial charge in [0.15, 0.2) is 5.84 Å². The van der Waals surface area contributed by atoms with Crippen LogP contribution in [-0.2, 0) is 17.7 Å². The van der Waals surface area contributed by atoms with Crippen molar-refractivity contribution in [2.24, 2.45) is 4.99 Å². The van der Waals surface area contributed by atoms with Crippen LogP contribution in [-0.4, -0.2) is 33.5 Å². The largest absolute Gasteiger partial charge is 0.494 e. The van der Waals surface area contributed by atoms with Gasteiger partial charge in [-0.3, -0.25) is 9.36 Å². The standard InChI is InChI=1S/C34H36N4O4/c1-3-5-10-30-29(33(39)38(32(35-30)24-15-16-24)25-17-19-26(20-18-25)41-4-2)21-22-11-13-23(14-12-22)27-8-6-7-9-28(27)31-36-34(40)42-37-31/h6-9,11-14,17-20,24,34,40H,3-5,10,15-16,21H2,1-2H3,(H,36,37). The summed E-state index contributed by atoms with van der Waals surface area (Å²) in [6, 6.07) is 23.8. The molecule has 4 aromatic rings. The van der Waals surface area contributed by atoms with E-state index in [1.807, 2.05) is 60.0 Å². The summed E-state index contributed by atoms with van der Waals surface area (Å²) in [5, 5.41) is 9.66. The third-order valence-electron chi connectivity index (χ3n) is 7.73. The van der Waals surface area contributed by atoms with E-state index in [1.54, 1.807) is 0 Å². The van der Waals surface area contributed by atoms with Crippen molar-refractivity contribution in [2.45, 2.75) is 64.7 Å². The van der Waals surface area contributed by atoms with E-state index in [1.165, 1.54) is 0 Å². The highest BCUT2D eigenvalue weighted by Gasteiger charge is 2.31. The zero-order valence-electron chi connectivity index (χ0n) is 24.0. The van der Waals surface area contributed by atoms with Gasteiger partial charge < -0.3 is 9.84 Å². The van der Waals surface area contributed by atoms with Crippen molar-refractivity contribution in [2.75, 3.05) is 6.61 Å². The van der Waals surface area contributed by atoms with Crippen molar-refractivity contribution >= 4 is 5.84 Å². The van der Waals surface area contributed by atoms with Gasteiger partial charge in [0.05, 0.1) is 18.0 Å². The van der Waals surface area contributed by atoms with Crippen molar-refractivity contribution in [3.63, 3.8) is 0 Å². The smallest absolute Gasteiger partial charge is 0.280 e. The Kier molecular flexibility index (Phi) is 8.17. The lowest BCUT2D eigenvalue weighted by molar-refractivity contribution is -0.102. The quantitative estimate of drug-likeness (QED) is 0.244. The molecule has 2 aliphatic rings. The molecule has 42 heavy (non-hydrogen) atoms. The van der Waals surface area contributed by atoms with Gasteiger partial charge in [-0.1, -0.05) is 61.9 Å². The fourth-order valence-electron chi connectivity index (χ4n) is 5.41. The minimum atomic E-state index is -1.22. The van der Waals surface area contributed by atoms with Crippen LogP contribution in [0.4, 0.5) is 0 Å². The lowest BCUT2D eigenvalue weighted by Crippen LogP contribution is -2.29. The zero-order valence-corrected chi connectivity index (χ0v) is 24.0. The second kappa shape index (κ2) is 12.3. The van der Waals surface area contributed by atoms with Gasteiger partial charge in [-0.2, -0.15) is 0 Å². The number of hydroxylamine groups is 1. The number of aryl methyl sites for hydroxylation is 1. The molecule has 1 aromatic heterocycles. The maximum atomic E-state index is 14.3. The topological polar surface area (TPSA) is 98.0 Å². The SMILES string of the molecule is CCCCc1nc(C2CC2)n(-c2ccc(OCC)cc2)c(=O)c1Cc1ccc(-c2ccccc2C2=NC(O)ON2)cc1. The fourth-order valence-corrected chi connectivity index (χ4v) is 5.41. The minimum Gasteiger partial charge on any atom is -0.494 e. The van der Waals surface area contributed by atoms with E-state index >= 15 is 0 Å². The number of hydrogen-bond acceptors (Lipinski definition) is 7. The Morgan fingerprint density at radius 1 is 1.00 bits per heavy atom. The van der Waals surface area contributed by atoms with Crippen molar-refractivity contribution in [3.05, 3.63) is 111 Å². The van der Waals surface area contributed by atoms with E-state index in [0.29, 0.717) is 24.8 Å². The molecule has 8 nitrogen and oxygen atoms in total. The monoisotopic (exact) mass is 564 g/mol. The molecule has 2 heterocycles. The molecule has 0 amide bonds. The van der Waals surface area contributed by atoms with E-state index in [-0.39, 0.29) is 5.56 Å². The second-order valence-corrected chi connectivity index (χ2v) is 10.8. The average Bonchev–Trinajstić information content (AvgIpc) is 3.78. The van der Waals surface area contributed by atoms with Gasteiger partial charge >= 0.3 is 0 Å². The first-order chi connectivity index (χ1) is 20.6. The van der Waals surface area contributed by atoms with Crippen LogP contribution in [0.15, 0.2) is 82.6 Å². The molecule has 1 unspecified atom stereocenters. The second-order valence-electron chi connectivity index (χ2n) is 10.8. The molecule has 1 atom stereocenters. The number of aliphatic hydroxyl groups excluding tert-OH is 1. The fraction of sp³-hybridized carbons (Fsp3) is 0.324. The molecule has 0 bridgehead atoms. The Hall–Kier alpha value is -4.27. The van der Waals surface area contributed by atoms with E-state index in [2.05, 4.69) is 41.7 Å². The maximum absolute atomic E-state index is 14.3. The Morgan fingerprint density at radius 3 is 2.38 bits per heavy atom. The van der Waals surface area contributed by atoms with Crippen LogP contribution in [0.5, 0.6) is 5.75 Å². The van der Waals surface area contributed by atoms with Crippen molar-refractivity contribution < 1.29 is 14.7 Å². The van der Waals surface area contributed by atoms with Gasteiger partial charge in [-0.05, 0) is 73.6 Å². The number of unbranched alkanes of at least 4 members (excludes halogenated alkanes) is 1. The molecule has 1 fully saturated rings. The maximum Gasteiger partial charge on any atom is 0.280 e. The first kappa shape index (κ1) is 27.9. The average molecular weight is 565 g/mol. The van der Waals surface area contributed by atoms with Crippen molar-refractivity contribution in [1.29, 1.82) is 0 Å². The number of aliphatic hydroxyl groups is 1. The summed E-state index contributed by atoms with van der Waals surface area (Å²) in [7, 11) is 0. The number of nitrogens with zero attached hydrogens (tertiary/aromatic N) is 3. The van der Waals surface area contributed by atoms with Gasteiger partial charge in [0.1, 0.15) is 11.6 Å². The molecule has 6 rings (SSSR count). The summed E-state index contributed by atoms with van der Waals surface area (Å²) in [5.74, 6) is 2.47. The van der Waals surface area contributed by atoms with Crippen LogP contribution in [0.3, 0.4) is 0 Å². The molecule has 8 heteroatoms. The third-order valence-corrected chi connectivity index (χ3v) is 7.73. The summed E-state index contributed by atoms with van der Waals surface area (Å²) >= 11 is 0. The summed E-state index contributed by atoms with van der Waals surface area (Å²) in [4.78, 5) is 28.5. The molecule has 216 valence electrons. The third kappa shape index (κ3) is 5.86. The minimum absolute atomic E-state index is 0.0143. The molecule has 0 spiro atoms. The molecule has 1 saturated carbocycles. The lowest BCUT2D eigenvalue weighted by atomic mass is 9.96. The summed E-state index contributed by atoms with van der Waals surface area (Å²) in [5.41, 5.74) is 9.05. The normalized spacial score (nSPS) is 16.3. The number of nitrogens with one attached hydrogen (secondary N) is 1. The van der Waals surface area contributed by atoms with Crippen LogP contribution in [0.2, 0.25) is 0 Å². The molecule has 0 saturated heterocycles. The number of aliphatic imine (C=N–C) groups is 1. The van der Waals surface area contributed by atoms with Crippen LogP contribution < -0.4 is 15.8 Å². The Morgan fingerprint density at radius 2 is 1.74 bits per heavy atom.